The molecular weight excluding hydrogens is 321 g/mol. The molecule has 128 valence electrons. The van der Waals surface area contributed by atoms with Crippen LogP contribution in [-0.2, 0) is 11.3 Å². The lowest BCUT2D eigenvalue weighted by Gasteiger charge is -2.15. The zero-order valence-electron chi connectivity index (χ0n) is 14.0. The first-order valence-corrected chi connectivity index (χ1v) is 8.01. The molecule has 1 aromatic heterocycles. The first-order chi connectivity index (χ1) is 12.0. The number of hydrogen-bond acceptors (Lipinski definition) is 3. The zero-order chi connectivity index (χ0) is 18.0. The highest BCUT2D eigenvalue weighted by atomic mass is 19.1. The molecule has 0 aliphatic carbocycles. The quantitative estimate of drug-likeness (QED) is 0.795. The summed E-state index contributed by atoms with van der Waals surface area (Å²) in [7, 11) is 0. The van der Waals surface area contributed by atoms with Crippen LogP contribution in [0.3, 0.4) is 0 Å². The Bertz CT molecular complexity index is 978. The molecule has 0 unspecified atom stereocenters. The van der Waals surface area contributed by atoms with Gasteiger partial charge >= 0.3 is 0 Å². The van der Waals surface area contributed by atoms with E-state index < -0.39 is 0 Å². The van der Waals surface area contributed by atoms with Crippen LogP contribution in [0.5, 0.6) is 0 Å². The van der Waals surface area contributed by atoms with Gasteiger partial charge in [0.05, 0.1) is 23.1 Å². The summed E-state index contributed by atoms with van der Waals surface area (Å²) in [5.74, 6) is -0.302. The van der Waals surface area contributed by atoms with Crippen molar-refractivity contribution < 1.29 is 9.18 Å². The summed E-state index contributed by atoms with van der Waals surface area (Å²) in [5.41, 5.74) is 0.795. The van der Waals surface area contributed by atoms with Crippen molar-refractivity contribution in [1.82, 2.24) is 14.9 Å². The Morgan fingerprint density at radius 2 is 1.84 bits per heavy atom. The van der Waals surface area contributed by atoms with Crippen LogP contribution in [0, 0.1) is 11.7 Å². The van der Waals surface area contributed by atoms with Crippen molar-refractivity contribution in [3.8, 4) is 5.69 Å². The number of halogens is 1. The molecule has 1 N–H and O–H groups in total. The van der Waals surface area contributed by atoms with Crippen LogP contribution in [0.4, 0.5) is 4.39 Å². The Kier molecular flexibility index (Phi) is 4.61. The summed E-state index contributed by atoms with van der Waals surface area (Å²) in [6.45, 7) is 3.68. The van der Waals surface area contributed by atoms with E-state index in [1.807, 2.05) is 0 Å². The standard InChI is InChI=1S/C19H18FN3O2/c1-12(2)18(24)21-11-17-22-16-6-4-3-5-15(16)19(25)23(17)14-9-7-13(20)8-10-14/h3-10,12H,11H2,1-2H3,(H,21,24). The average Bonchev–Trinajstić information content (AvgIpc) is 2.61. The van der Waals surface area contributed by atoms with Gasteiger partial charge in [0, 0.05) is 5.92 Å². The molecule has 0 saturated heterocycles. The van der Waals surface area contributed by atoms with E-state index in [-0.39, 0.29) is 29.7 Å². The van der Waals surface area contributed by atoms with Crippen LogP contribution in [0.25, 0.3) is 16.6 Å². The number of nitrogens with one attached hydrogen (secondary N) is 1. The van der Waals surface area contributed by atoms with E-state index in [9.17, 15) is 14.0 Å². The first kappa shape index (κ1) is 16.8. The predicted octanol–water partition coefficient (Wildman–Crippen LogP) is 2.80. The smallest absolute Gasteiger partial charge is 0.266 e. The molecule has 0 atom stereocenters. The Morgan fingerprint density at radius 3 is 2.52 bits per heavy atom. The van der Waals surface area contributed by atoms with E-state index in [0.29, 0.717) is 22.4 Å². The van der Waals surface area contributed by atoms with E-state index in [2.05, 4.69) is 10.3 Å². The molecule has 1 heterocycles. The lowest BCUT2D eigenvalue weighted by atomic mass is 10.2. The number of hydrogen-bond donors (Lipinski definition) is 1. The topological polar surface area (TPSA) is 64.0 Å². The largest absolute Gasteiger partial charge is 0.349 e. The molecule has 3 aromatic rings. The average molecular weight is 339 g/mol. The number of carbonyl (C=O) groups excluding carboxylic acids is 1. The highest BCUT2D eigenvalue weighted by Crippen LogP contribution is 2.14. The summed E-state index contributed by atoms with van der Waals surface area (Å²) in [6.07, 6.45) is 0. The fourth-order valence-electron chi connectivity index (χ4n) is 2.52. The minimum atomic E-state index is -0.389. The summed E-state index contributed by atoms with van der Waals surface area (Å²) in [6, 6.07) is 12.6. The lowest BCUT2D eigenvalue weighted by molar-refractivity contribution is -0.124. The number of fused-ring (bicyclic) bond motifs is 1. The fourth-order valence-corrected chi connectivity index (χ4v) is 2.52. The van der Waals surface area contributed by atoms with Crippen molar-refractivity contribution in [3.05, 3.63) is 70.5 Å². The van der Waals surface area contributed by atoms with Crippen LogP contribution in [0.15, 0.2) is 53.3 Å². The molecule has 5 nitrogen and oxygen atoms in total. The maximum Gasteiger partial charge on any atom is 0.266 e. The maximum atomic E-state index is 13.2. The number of para-hydroxylation sites is 1. The van der Waals surface area contributed by atoms with Gasteiger partial charge in [-0.1, -0.05) is 26.0 Å². The van der Waals surface area contributed by atoms with Crippen molar-refractivity contribution in [2.24, 2.45) is 5.92 Å². The molecule has 0 aliphatic rings. The number of aromatic nitrogens is 2. The van der Waals surface area contributed by atoms with Gasteiger partial charge in [-0.25, -0.2) is 9.37 Å². The molecule has 2 aromatic carbocycles. The Morgan fingerprint density at radius 1 is 1.16 bits per heavy atom. The normalized spacial score (nSPS) is 11.0. The zero-order valence-corrected chi connectivity index (χ0v) is 14.0. The molecule has 0 radical (unpaired) electrons. The third kappa shape index (κ3) is 3.42. The first-order valence-electron chi connectivity index (χ1n) is 8.01. The van der Waals surface area contributed by atoms with Crippen molar-refractivity contribution in [1.29, 1.82) is 0 Å². The molecule has 0 saturated carbocycles. The molecular formula is C19H18FN3O2. The van der Waals surface area contributed by atoms with E-state index in [1.54, 1.807) is 38.1 Å². The molecule has 0 fully saturated rings. The second kappa shape index (κ2) is 6.84. The predicted molar refractivity (Wildman–Crippen MR) is 94.0 cm³/mol. The van der Waals surface area contributed by atoms with Crippen LogP contribution in [0.1, 0.15) is 19.7 Å². The molecule has 25 heavy (non-hydrogen) atoms. The van der Waals surface area contributed by atoms with Crippen LogP contribution in [0.2, 0.25) is 0 Å². The third-order valence-corrected chi connectivity index (χ3v) is 3.88. The van der Waals surface area contributed by atoms with Gasteiger partial charge in [-0.15, -0.1) is 0 Å². The summed E-state index contributed by atoms with van der Waals surface area (Å²) in [4.78, 5) is 29.3. The van der Waals surface area contributed by atoms with E-state index >= 15 is 0 Å². The Hall–Kier alpha value is -3.02. The van der Waals surface area contributed by atoms with Gasteiger partial charge in [0.1, 0.15) is 11.6 Å². The van der Waals surface area contributed by atoms with E-state index in [1.165, 1.54) is 28.8 Å². The van der Waals surface area contributed by atoms with Crippen LogP contribution >= 0.6 is 0 Å². The fraction of sp³-hybridized carbons (Fsp3) is 0.211. The van der Waals surface area contributed by atoms with Gasteiger partial charge in [0.15, 0.2) is 0 Å². The second-order valence-electron chi connectivity index (χ2n) is 6.03. The highest BCUT2D eigenvalue weighted by molar-refractivity contribution is 5.79. The molecule has 3 rings (SSSR count). The SMILES string of the molecule is CC(C)C(=O)NCc1nc2ccccc2c(=O)n1-c1ccc(F)cc1. The van der Waals surface area contributed by atoms with Gasteiger partial charge < -0.3 is 5.32 Å². The van der Waals surface area contributed by atoms with Gasteiger partial charge in [-0.3, -0.25) is 14.2 Å². The van der Waals surface area contributed by atoms with E-state index in [4.69, 9.17) is 0 Å². The number of amides is 1. The minimum Gasteiger partial charge on any atom is -0.349 e. The second-order valence-corrected chi connectivity index (χ2v) is 6.03. The van der Waals surface area contributed by atoms with Crippen molar-refractivity contribution in [3.63, 3.8) is 0 Å². The monoisotopic (exact) mass is 339 g/mol. The third-order valence-electron chi connectivity index (χ3n) is 3.88. The Labute approximate surface area is 144 Å². The van der Waals surface area contributed by atoms with Gasteiger partial charge in [0.25, 0.3) is 5.56 Å². The highest BCUT2D eigenvalue weighted by Gasteiger charge is 2.14. The van der Waals surface area contributed by atoms with E-state index in [0.717, 1.165) is 0 Å². The van der Waals surface area contributed by atoms with Crippen LogP contribution < -0.4 is 10.9 Å². The molecule has 0 aliphatic heterocycles. The number of rotatable bonds is 4. The molecule has 0 bridgehead atoms. The molecule has 0 spiro atoms. The van der Waals surface area contributed by atoms with Crippen molar-refractivity contribution >= 4 is 16.8 Å². The van der Waals surface area contributed by atoms with Gasteiger partial charge in [-0.2, -0.15) is 0 Å². The summed E-state index contributed by atoms with van der Waals surface area (Å²) >= 11 is 0. The molecule has 1 amide bonds. The number of benzene rings is 2. The Balaban J connectivity index is 2.15. The van der Waals surface area contributed by atoms with Crippen molar-refractivity contribution in [2.75, 3.05) is 0 Å². The van der Waals surface area contributed by atoms with Gasteiger partial charge in [-0.05, 0) is 36.4 Å². The number of nitrogens with zero attached hydrogens (tertiary/aromatic N) is 2. The number of carbonyl (C=O) groups is 1. The van der Waals surface area contributed by atoms with Crippen molar-refractivity contribution in [2.45, 2.75) is 20.4 Å². The maximum absolute atomic E-state index is 13.2. The minimum absolute atomic E-state index is 0.106. The summed E-state index contributed by atoms with van der Waals surface area (Å²) in [5, 5.41) is 3.24. The van der Waals surface area contributed by atoms with Crippen LogP contribution in [-0.4, -0.2) is 15.5 Å². The lowest BCUT2D eigenvalue weighted by Crippen LogP contribution is -2.32. The summed E-state index contributed by atoms with van der Waals surface area (Å²) < 4.78 is 14.6. The van der Waals surface area contributed by atoms with Gasteiger partial charge in [0.2, 0.25) is 5.91 Å². The molecule has 6 heteroatoms.